The van der Waals surface area contributed by atoms with Crippen molar-refractivity contribution in [2.75, 3.05) is 12.4 Å². The van der Waals surface area contributed by atoms with Crippen LogP contribution < -0.4 is 15.5 Å². The summed E-state index contributed by atoms with van der Waals surface area (Å²) in [6.07, 6.45) is 1.43. The van der Waals surface area contributed by atoms with Gasteiger partial charge in [-0.1, -0.05) is 17.7 Å². The molecule has 0 bridgehead atoms. The van der Waals surface area contributed by atoms with Crippen molar-refractivity contribution in [2.45, 2.75) is 0 Å². The van der Waals surface area contributed by atoms with Gasteiger partial charge in [0.25, 0.3) is 0 Å². The topological polar surface area (TPSA) is 65.9 Å². The molecule has 0 amide bonds. The Balaban J connectivity index is 1.94. The molecule has 0 unspecified atom stereocenters. The van der Waals surface area contributed by atoms with Gasteiger partial charge < -0.3 is 15.2 Å². The molecule has 0 saturated carbocycles. The van der Waals surface area contributed by atoms with Crippen molar-refractivity contribution >= 4 is 40.8 Å². The number of aromatic hydroxyl groups is 1. The number of benzene rings is 2. The smallest absolute Gasteiger partial charge is 0.191 e. The lowest BCUT2D eigenvalue weighted by atomic mass is 10.2. The second kappa shape index (κ2) is 7.63. The van der Waals surface area contributed by atoms with Gasteiger partial charge in [0.2, 0.25) is 0 Å². The van der Waals surface area contributed by atoms with E-state index in [0.717, 1.165) is 11.4 Å². The first kappa shape index (κ1) is 16.1. The van der Waals surface area contributed by atoms with Gasteiger partial charge in [0.05, 0.1) is 13.3 Å². The molecule has 0 saturated heterocycles. The predicted octanol–water partition coefficient (Wildman–Crippen LogP) is 3.37. The zero-order valence-electron chi connectivity index (χ0n) is 11.7. The first-order valence-electron chi connectivity index (χ1n) is 6.31. The summed E-state index contributed by atoms with van der Waals surface area (Å²) in [6.45, 7) is 0. The van der Waals surface area contributed by atoms with Crippen molar-refractivity contribution in [3.05, 3.63) is 53.1 Å². The number of anilines is 1. The summed E-state index contributed by atoms with van der Waals surface area (Å²) in [5, 5.41) is 17.4. The minimum absolute atomic E-state index is 0.0848. The number of hydrazone groups is 1. The van der Waals surface area contributed by atoms with Crippen LogP contribution in [0.5, 0.6) is 11.5 Å². The van der Waals surface area contributed by atoms with Crippen LogP contribution in [0.3, 0.4) is 0 Å². The SMILES string of the molecule is COc1cccc(NC(=S)N/N=C/c2cc(Cl)ccc2O)c1. The average Bonchev–Trinajstić information content (AvgIpc) is 2.51. The number of methoxy groups -OCH3 is 1. The fourth-order valence-electron chi connectivity index (χ4n) is 1.65. The number of nitrogens with zero attached hydrogens (tertiary/aromatic N) is 1. The molecule has 114 valence electrons. The number of ether oxygens (including phenoxy) is 1. The van der Waals surface area contributed by atoms with Crippen LogP contribution >= 0.6 is 23.8 Å². The van der Waals surface area contributed by atoms with E-state index >= 15 is 0 Å². The maximum Gasteiger partial charge on any atom is 0.191 e. The quantitative estimate of drug-likeness (QED) is 0.454. The molecule has 0 radical (unpaired) electrons. The highest BCUT2D eigenvalue weighted by Gasteiger charge is 2.00. The third-order valence-electron chi connectivity index (χ3n) is 2.69. The van der Waals surface area contributed by atoms with Gasteiger partial charge in [0.1, 0.15) is 11.5 Å². The van der Waals surface area contributed by atoms with E-state index in [0.29, 0.717) is 15.7 Å². The number of hydrogen-bond donors (Lipinski definition) is 3. The summed E-state index contributed by atoms with van der Waals surface area (Å²) in [5.41, 5.74) is 3.92. The van der Waals surface area contributed by atoms with Gasteiger partial charge in [-0.25, -0.2) is 0 Å². The molecule has 0 heterocycles. The van der Waals surface area contributed by atoms with Crippen LogP contribution in [0.15, 0.2) is 47.6 Å². The van der Waals surface area contributed by atoms with Gasteiger partial charge in [-0.2, -0.15) is 5.10 Å². The molecule has 5 nitrogen and oxygen atoms in total. The molecule has 2 aromatic rings. The Kier molecular flexibility index (Phi) is 5.57. The second-order valence-electron chi connectivity index (χ2n) is 4.26. The van der Waals surface area contributed by atoms with Gasteiger partial charge in [-0.15, -0.1) is 0 Å². The molecule has 3 N–H and O–H groups in total. The molecule has 0 atom stereocenters. The van der Waals surface area contributed by atoms with E-state index in [9.17, 15) is 5.11 Å². The lowest BCUT2D eigenvalue weighted by Crippen LogP contribution is -2.23. The van der Waals surface area contributed by atoms with Crippen molar-refractivity contribution < 1.29 is 9.84 Å². The Labute approximate surface area is 138 Å². The number of thiocarbonyl (C=S) groups is 1. The number of hydrogen-bond acceptors (Lipinski definition) is 4. The minimum atomic E-state index is 0.0848. The molecule has 2 rings (SSSR count). The highest BCUT2D eigenvalue weighted by atomic mass is 35.5. The van der Waals surface area contributed by atoms with Gasteiger partial charge in [-0.05, 0) is 42.5 Å². The van der Waals surface area contributed by atoms with Crippen molar-refractivity contribution in [3.63, 3.8) is 0 Å². The van der Waals surface area contributed by atoms with E-state index in [1.54, 1.807) is 25.3 Å². The first-order chi connectivity index (χ1) is 10.6. The Morgan fingerprint density at radius 3 is 2.91 bits per heavy atom. The third-order valence-corrected chi connectivity index (χ3v) is 3.12. The van der Waals surface area contributed by atoms with Crippen LogP contribution in [0.25, 0.3) is 0 Å². The Hall–Kier alpha value is -2.31. The monoisotopic (exact) mass is 335 g/mol. The maximum absolute atomic E-state index is 9.65. The van der Waals surface area contributed by atoms with E-state index in [4.69, 9.17) is 28.6 Å². The fourth-order valence-corrected chi connectivity index (χ4v) is 2.00. The standard InChI is InChI=1S/C15H14ClN3O2S/c1-21-13-4-2-3-12(8-13)18-15(22)19-17-9-10-7-11(16)5-6-14(10)20/h2-9,20H,1H3,(H2,18,19,22)/b17-9+. The Bertz CT molecular complexity index is 707. The van der Waals surface area contributed by atoms with Crippen LogP contribution in [0.2, 0.25) is 5.02 Å². The van der Waals surface area contributed by atoms with E-state index in [1.165, 1.54) is 12.3 Å². The summed E-state index contributed by atoms with van der Waals surface area (Å²) < 4.78 is 5.13. The summed E-state index contributed by atoms with van der Waals surface area (Å²) in [6, 6.07) is 12.0. The molecule has 7 heteroatoms. The lowest BCUT2D eigenvalue weighted by Gasteiger charge is -2.08. The zero-order chi connectivity index (χ0) is 15.9. The van der Waals surface area contributed by atoms with Crippen molar-refractivity contribution in [1.82, 2.24) is 5.43 Å². The Morgan fingerprint density at radius 2 is 2.14 bits per heavy atom. The van der Waals surface area contributed by atoms with E-state index in [1.807, 2.05) is 18.2 Å². The molecule has 2 aromatic carbocycles. The van der Waals surface area contributed by atoms with Gasteiger partial charge in [0, 0.05) is 22.3 Å². The molecular weight excluding hydrogens is 322 g/mol. The fraction of sp³-hybridized carbons (Fsp3) is 0.0667. The minimum Gasteiger partial charge on any atom is -0.507 e. The highest BCUT2D eigenvalue weighted by molar-refractivity contribution is 7.80. The number of rotatable bonds is 4. The Morgan fingerprint density at radius 1 is 1.32 bits per heavy atom. The molecule has 0 aliphatic heterocycles. The molecule has 0 aliphatic carbocycles. The van der Waals surface area contributed by atoms with Gasteiger partial charge in [0.15, 0.2) is 5.11 Å². The predicted molar refractivity (Wildman–Crippen MR) is 93.1 cm³/mol. The molecular formula is C15H14ClN3O2S. The van der Waals surface area contributed by atoms with E-state index < -0.39 is 0 Å². The summed E-state index contributed by atoms with van der Waals surface area (Å²) in [5.74, 6) is 0.807. The third kappa shape index (κ3) is 4.61. The highest BCUT2D eigenvalue weighted by Crippen LogP contribution is 2.19. The number of phenols is 1. The van der Waals surface area contributed by atoms with Crippen LogP contribution in [0.1, 0.15) is 5.56 Å². The van der Waals surface area contributed by atoms with Crippen molar-refractivity contribution in [1.29, 1.82) is 0 Å². The van der Waals surface area contributed by atoms with Crippen molar-refractivity contribution in [3.8, 4) is 11.5 Å². The lowest BCUT2D eigenvalue weighted by molar-refractivity contribution is 0.415. The average molecular weight is 336 g/mol. The normalized spacial score (nSPS) is 10.5. The molecule has 0 aliphatic rings. The number of phenolic OH excluding ortho intramolecular Hbond substituents is 1. The molecule has 22 heavy (non-hydrogen) atoms. The summed E-state index contributed by atoms with van der Waals surface area (Å²) in [4.78, 5) is 0. The van der Waals surface area contributed by atoms with Gasteiger partial charge in [-0.3, -0.25) is 5.43 Å². The van der Waals surface area contributed by atoms with Crippen LogP contribution in [-0.4, -0.2) is 23.5 Å². The maximum atomic E-state index is 9.65. The van der Waals surface area contributed by atoms with Crippen LogP contribution in [-0.2, 0) is 0 Å². The van der Waals surface area contributed by atoms with Crippen LogP contribution in [0, 0.1) is 0 Å². The number of halogens is 1. The zero-order valence-corrected chi connectivity index (χ0v) is 13.3. The second-order valence-corrected chi connectivity index (χ2v) is 5.10. The van der Waals surface area contributed by atoms with Gasteiger partial charge >= 0.3 is 0 Å². The first-order valence-corrected chi connectivity index (χ1v) is 7.10. The molecule has 0 aromatic heterocycles. The van der Waals surface area contributed by atoms with Crippen LogP contribution in [0.4, 0.5) is 5.69 Å². The van der Waals surface area contributed by atoms with E-state index in [2.05, 4.69) is 15.8 Å². The van der Waals surface area contributed by atoms with E-state index in [-0.39, 0.29) is 5.75 Å². The number of nitrogens with one attached hydrogen (secondary N) is 2. The molecule has 0 spiro atoms. The largest absolute Gasteiger partial charge is 0.507 e. The summed E-state index contributed by atoms with van der Waals surface area (Å²) >= 11 is 11.0. The summed E-state index contributed by atoms with van der Waals surface area (Å²) in [7, 11) is 1.59. The van der Waals surface area contributed by atoms with Crippen molar-refractivity contribution in [2.24, 2.45) is 5.10 Å². The molecule has 0 fully saturated rings.